The van der Waals surface area contributed by atoms with Gasteiger partial charge in [0.05, 0.1) is 0 Å². The van der Waals surface area contributed by atoms with Crippen LogP contribution in [0, 0.1) is 0 Å². The number of nitrogens with zero attached hydrogens (tertiary/aromatic N) is 3. The molecule has 5 heteroatoms. The second-order valence-corrected chi connectivity index (χ2v) is 7.73. The predicted octanol–water partition coefficient (Wildman–Crippen LogP) is 3.03. The molecule has 1 aromatic rings. The van der Waals surface area contributed by atoms with Gasteiger partial charge < -0.3 is 15.1 Å². The molecule has 1 atom stereocenters. The molecule has 2 heterocycles. The van der Waals surface area contributed by atoms with Gasteiger partial charge in [0.2, 0.25) is 5.91 Å². The van der Waals surface area contributed by atoms with Gasteiger partial charge in [-0.05, 0) is 57.1 Å². The van der Waals surface area contributed by atoms with Crippen molar-refractivity contribution in [2.24, 2.45) is 0 Å². The molecule has 26 heavy (non-hydrogen) atoms. The van der Waals surface area contributed by atoms with Crippen LogP contribution in [0.5, 0.6) is 0 Å². The van der Waals surface area contributed by atoms with E-state index in [4.69, 9.17) is 0 Å². The number of hydrogen-bond acceptors (Lipinski definition) is 4. The summed E-state index contributed by atoms with van der Waals surface area (Å²) < 4.78 is 0. The van der Waals surface area contributed by atoms with Crippen molar-refractivity contribution < 1.29 is 4.79 Å². The molecule has 2 saturated heterocycles. The number of piperidine rings is 1. The topological polar surface area (TPSA) is 38.8 Å². The summed E-state index contributed by atoms with van der Waals surface area (Å²) in [6, 6.07) is 8.97. The maximum Gasteiger partial charge on any atom is 0.225 e. The smallest absolute Gasteiger partial charge is 0.225 e. The van der Waals surface area contributed by atoms with Crippen LogP contribution >= 0.6 is 0 Å². The van der Waals surface area contributed by atoms with Crippen molar-refractivity contribution >= 4 is 17.3 Å². The molecule has 0 bridgehead atoms. The zero-order valence-electron chi connectivity index (χ0n) is 16.4. The van der Waals surface area contributed by atoms with Crippen LogP contribution in [0.3, 0.4) is 0 Å². The van der Waals surface area contributed by atoms with Gasteiger partial charge in [-0.1, -0.05) is 13.3 Å². The van der Waals surface area contributed by atoms with E-state index in [9.17, 15) is 4.79 Å². The number of likely N-dealkylation sites (N-methyl/N-ethyl adjacent to an activating group) is 1. The quantitative estimate of drug-likeness (QED) is 0.848. The summed E-state index contributed by atoms with van der Waals surface area (Å²) >= 11 is 0. The van der Waals surface area contributed by atoms with Crippen molar-refractivity contribution in [3.05, 3.63) is 24.3 Å². The molecule has 3 rings (SSSR count). The maximum absolute atomic E-state index is 12.3. The fraction of sp³-hybridized carbons (Fsp3) is 0.667. The minimum Gasteiger partial charge on any atom is -0.369 e. The third-order valence-electron chi connectivity index (χ3n) is 5.87. The second kappa shape index (κ2) is 9.38. The Morgan fingerprint density at radius 3 is 2.50 bits per heavy atom. The lowest BCUT2D eigenvalue weighted by molar-refractivity contribution is -0.116. The predicted molar refractivity (Wildman–Crippen MR) is 109 cm³/mol. The van der Waals surface area contributed by atoms with E-state index in [1.165, 1.54) is 31.4 Å². The van der Waals surface area contributed by atoms with Gasteiger partial charge in [0.15, 0.2) is 0 Å². The molecule has 0 aromatic heterocycles. The number of carbonyl (C=O) groups is 1. The van der Waals surface area contributed by atoms with Gasteiger partial charge in [0.25, 0.3) is 0 Å². The molecule has 0 spiro atoms. The van der Waals surface area contributed by atoms with Crippen molar-refractivity contribution in [1.29, 1.82) is 0 Å². The van der Waals surface area contributed by atoms with Gasteiger partial charge in [-0.15, -0.1) is 0 Å². The first-order valence-electron chi connectivity index (χ1n) is 10.2. The first kappa shape index (κ1) is 19.2. The minimum absolute atomic E-state index is 0.123. The molecule has 1 amide bonds. The number of likely N-dealkylation sites (tertiary alicyclic amines) is 1. The Morgan fingerprint density at radius 2 is 1.81 bits per heavy atom. The molecule has 0 radical (unpaired) electrons. The van der Waals surface area contributed by atoms with E-state index >= 15 is 0 Å². The lowest BCUT2D eigenvalue weighted by Crippen LogP contribution is -2.44. The van der Waals surface area contributed by atoms with Crippen LogP contribution in [0.15, 0.2) is 24.3 Å². The third-order valence-corrected chi connectivity index (χ3v) is 5.87. The highest BCUT2D eigenvalue weighted by Gasteiger charge is 2.21. The first-order valence-corrected chi connectivity index (χ1v) is 10.2. The number of carbonyl (C=O) groups excluding carboxylic acids is 1. The van der Waals surface area contributed by atoms with Gasteiger partial charge in [0.1, 0.15) is 0 Å². The Bertz CT molecular complexity index is 566. The summed E-state index contributed by atoms with van der Waals surface area (Å²) in [6.45, 7) is 8.62. The van der Waals surface area contributed by atoms with Crippen LogP contribution in [0.4, 0.5) is 11.4 Å². The summed E-state index contributed by atoms with van der Waals surface area (Å²) in [5, 5.41) is 3.06. The molecule has 2 aliphatic rings. The zero-order chi connectivity index (χ0) is 18.4. The Hall–Kier alpha value is -1.59. The Kier molecular flexibility index (Phi) is 6.92. The molecular weight excluding hydrogens is 324 g/mol. The summed E-state index contributed by atoms with van der Waals surface area (Å²) in [5.74, 6) is 0.123. The fourth-order valence-corrected chi connectivity index (χ4v) is 4.11. The first-order chi connectivity index (χ1) is 12.7. The van der Waals surface area contributed by atoms with Gasteiger partial charge in [-0.3, -0.25) is 9.69 Å². The molecular formula is C21H34N4O. The average molecular weight is 359 g/mol. The SMILES string of the molecule is CCC1CCCCN1CCC(=O)Nc1ccc(N2CCN(C)CC2)cc1. The van der Waals surface area contributed by atoms with E-state index in [-0.39, 0.29) is 5.91 Å². The van der Waals surface area contributed by atoms with Crippen molar-refractivity contribution in [2.75, 3.05) is 56.5 Å². The normalized spacial score (nSPS) is 22.4. The van der Waals surface area contributed by atoms with Gasteiger partial charge in [-0.25, -0.2) is 0 Å². The molecule has 0 saturated carbocycles. The maximum atomic E-state index is 12.3. The van der Waals surface area contributed by atoms with Crippen LogP contribution in [-0.4, -0.2) is 68.1 Å². The monoisotopic (exact) mass is 358 g/mol. The van der Waals surface area contributed by atoms with Gasteiger partial charge in [0, 0.05) is 56.6 Å². The average Bonchev–Trinajstić information content (AvgIpc) is 2.68. The number of piperazine rings is 1. The van der Waals surface area contributed by atoms with Crippen LogP contribution in [-0.2, 0) is 4.79 Å². The van der Waals surface area contributed by atoms with Gasteiger partial charge >= 0.3 is 0 Å². The Labute approximate surface area is 158 Å². The van der Waals surface area contributed by atoms with Crippen LogP contribution in [0.25, 0.3) is 0 Å². The van der Waals surface area contributed by atoms with E-state index < -0.39 is 0 Å². The second-order valence-electron chi connectivity index (χ2n) is 7.73. The summed E-state index contributed by atoms with van der Waals surface area (Å²) in [5.41, 5.74) is 2.15. The molecule has 0 aliphatic carbocycles. The third kappa shape index (κ3) is 5.21. The van der Waals surface area contributed by atoms with Crippen molar-refractivity contribution in [2.45, 2.75) is 45.1 Å². The van der Waals surface area contributed by atoms with Crippen LogP contribution in [0.2, 0.25) is 0 Å². The number of nitrogens with one attached hydrogen (secondary N) is 1. The lowest BCUT2D eigenvalue weighted by Gasteiger charge is -2.35. The number of rotatable bonds is 6. The van der Waals surface area contributed by atoms with E-state index in [1.807, 2.05) is 12.1 Å². The summed E-state index contributed by atoms with van der Waals surface area (Å²) in [6.07, 6.45) is 5.66. The lowest BCUT2D eigenvalue weighted by atomic mass is 10.00. The summed E-state index contributed by atoms with van der Waals surface area (Å²) in [4.78, 5) is 19.6. The van der Waals surface area contributed by atoms with Crippen molar-refractivity contribution in [3.8, 4) is 0 Å². The van der Waals surface area contributed by atoms with Crippen LogP contribution < -0.4 is 10.2 Å². The van der Waals surface area contributed by atoms with E-state index in [0.29, 0.717) is 12.5 Å². The number of benzene rings is 1. The largest absolute Gasteiger partial charge is 0.369 e. The highest BCUT2D eigenvalue weighted by molar-refractivity contribution is 5.91. The highest BCUT2D eigenvalue weighted by atomic mass is 16.1. The molecule has 1 N–H and O–H groups in total. The minimum atomic E-state index is 0.123. The standard InChI is InChI=1S/C21H34N4O/c1-3-19-6-4-5-12-24(19)13-11-21(26)22-18-7-9-20(10-8-18)25-16-14-23(2)15-17-25/h7-10,19H,3-6,11-17H2,1-2H3,(H,22,26). The summed E-state index contributed by atoms with van der Waals surface area (Å²) in [7, 11) is 2.17. The zero-order valence-corrected chi connectivity index (χ0v) is 16.4. The molecule has 144 valence electrons. The van der Waals surface area contributed by atoms with Crippen molar-refractivity contribution in [3.63, 3.8) is 0 Å². The van der Waals surface area contributed by atoms with E-state index in [1.54, 1.807) is 0 Å². The van der Waals surface area contributed by atoms with Crippen molar-refractivity contribution in [1.82, 2.24) is 9.80 Å². The Morgan fingerprint density at radius 1 is 1.08 bits per heavy atom. The van der Waals surface area contributed by atoms with Crippen LogP contribution in [0.1, 0.15) is 39.0 Å². The molecule has 2 fully saturated rings. The fourth-order valence-electron chi connectivity index (χ4n) is 4.11. The molecule has 5 nitrogen and oxygen atoms in total. The Balaban J connectivity index is 1.45. The van der Waals surface area contributed by atoms with E-state index in [2.05, 4.69) is 46.1 Å². The number of amides is 1. The van der Waals surface area contributed by atoms with E-state index in [0.717, 1.165) is 45.0 Å². The molecule has 1 aromatic carbocycles. The number of anilines is 2. The highest BCUT2D eigenvalue weighted by Crippen LogP contribution is 2.21. The number of hydrogen-bond donors (Lipinski definition) is 1. The van der Waals surface area contributed by atoms with Gasteiger partial charge in [-0.2, -0.15) is 0 Å². The molecule has 2 aliphatic heterocycles. The molecule has 1 unspecified atom stereocenters.